The number of carbonyl (C=O) groups excluding carboxylic acids is 3. The summed E-state index contributed by atoms with van der Waals surface area (Å²) in [5.41, 5.74) is -0.668. The molecule has 122 valence electrons. The third kappa shape index (κ3) is 3.96. The fraction of sp³-hybridized carbons (Fsp3) is 0.562. The Bertz CT molecular complexity index is 473. The summed E-state index contributed by atoms with van der Waals surface area (Å²) >= 11 is 0. The van der Waals surface area contributed by atoms with E-state index in [1.807, 2.05) is 0 Å². The third-order valence-corrected chi connectivity index (χ3v) is 3.50. The van der Waals surface area contributed by atoms with Gasteiger partial charge in [0.1, 0.15) is 0 Å². The molecule has 6 heteroatoms. The van der Waals surface area contributed by atoms with Crippen molar-refractivity contribution in [2.45, 2.75) is 33.6 Å². The molecule has 0 heterocycles. The van der Waals surface area contributed by atoms with Gasteiger partial charge in [0.2, 0.25) is 0 Å². The molecule has 1 aliphatic rings. The number of hydrogen-bond acceptors (Lipinski definition) is 6. The average Bonchev–Trinajstić information content (AvgIpc) is 2.78. The highest BCUT2D eigenvalue weighted by Crippen LogP contribution is 2.47. The summed E-state index contributed by atoms with van der Waals surface area (Å²) in [5, 5.41) is 0. The number of allylic oxidation sites excluding steroid dienone is 2. The van der Waals surface area contributed by atoms with Gasteiger partial charge >= 0.3 is 17.9 Å². The second kappa shape index (κ2) is 7.77. The van der Waals surface area contributed by atoms with E-state index in [4.69, 9.17) is 14.2 Å². The Hall–Kier alpha value is -2.11. The first-order valence-corrected chi connectivity index (χ1v) is 7.23. The topological polar surface area (TPSA) is 78.9 Å². The molecule has 1 aliphatic carbocycles. The van der Waals surface area contributed by atoms with Gasteiger partial charge in [-0.05, 0) is 32.8 Å². The molecule has 0 saturated heterocycles. The summed E-state index contributed by atoms with van der Waals surface area (Å²) in [7, 11) is 0. The molecule has 0 aromatic heterocycles. The van der Waals surface area contributed by atoms with Gasteiger partial charge < -0.3 is 14.2 Å². The predicted octanol–water partition coefficient (Wildman–Crippen LogP) is 2.14. The van der Waals surface area contributed by atoms with E-state index in [-0.39, 0.29) is 32.0 Å². The Morgan fingerprint density at radius 1 is 1.23 bits per heavy atom. The van der Waals surface area contributed by atoms with Crippen LogP contribution in [0.3, 0.4) is 0 Å². The predicted molar refractivity (Wildman–Crippen MR) is 78.5 cm³/mol. The van der Waals surface area contributed by atoms with Crippen molar-refractivity contribution in [1.82, 2.24) is 0 Å². The van der Waals surface area contributed by atoms with Crippen molar-refractivity contribution in [3.8, 4) is 0 Å². The van der Waals surface area contributed by atoms with Crippen LogP contribution in [0.15, 0.2) is 24.5 Å². The molecule has 0 aromatic rings. The molecule has 1 fully saturated rings. The maximum absolute atomic E-state index is 12.3. The second-order valence-electron chi connectivity index (χ2n) is 5.11. The highest BCUT2D eigenvalue weighted by Gasteiger charge is 2.54. The second-order valence-corrected chi connectivity index (χ2v) is 5.11. The number of ether oxygens (including phenoxy) is 3. The monoisotopic (exact) mass is 310 g/mol. The SMILES string of the molecule is C=C1CC(C(=O)OCC)(C(=O)OCC)CC1/C=C/OC(C)=O. The van der Waals surface area contributed by atoms with Crippen LogP contribution in [0.2, 0.25) is 0 Å². The van der Waals surface area contributed by atoms with Crippen molar-refractivity contribution < 1.29 is 28.6 Å². The Morgan fingerprint density at radius 2 is 1.77 bits per heavy atom. The molecule has 1 atom stereocenters. The van der Waals surface area contributed by atoms with Gasteiger partial charge in [-0.15, -0.1) is 0 Å². The highest BCUT2D eigenvalue weighted by atomic mass is 16.6. The van der Waals surface area contributed by atoms with E-state index in [2.05, 4.69) is 6.58 Å². The maximum atomic E-state index is 12.3. The zero-order valence-corrected chi connectivity index (χ0v) is 13.2. The lowest BCUT2D eigenvalue weighted by molar-refractivity contribution is -0.171. The van der Waals surface area contributed by atoms with E-state index < -0.39 is 23.3 Å². The standard InChI is InChI=1S/C16H22O6/c1-5-20-14(18)16(15(19)21-6-2)9-11(3)13(10-16)7-8-22-12(4)17/h7-8,13H,3,5-6,9-10H2,1-2,4H3/b8-7+. The Kier molecular flexibility index (Phi) is 6.34. The van der Waals surface area contributed by atoms with Crippen LogP contribution in [0, 0.1) is 11.3 Å². The van der Waals surface area contributed by atoms with Crippen molar-refractivity contribution in [3.05, 3.63) is 24.5 Å². The molecular weight excluding hydrogens is 288 g/mol. The van der Waals surface area contributed by atoms with E-state index in [0.29, 0.717) is 5.57 Å². The zero-order valence-electron chi connectivity index (χ0n) is 13.2. The molecule has 1 rings (SSSR count). The lowest BCUT2D eigenvalue weighted by atomic mass is 9.85. The van der Waals surface area contributed by atoms with Crippen LogP contribution in [0.5, 0.6) is 0 Å². The smallest absolute Gasteiger partial charge is 0.323 e. The molecule has 0 spiro atoms. The van der Waals surface area contributed by atoms with Crippen LogP contribution >= 0.6 is 0 Å². The van der Waals surface area contributed by atoms with Crippen LogP contribution < -0.4 is 0 Å². The molecular formula is C16H22O6. The Morgan fingerprint density at radius 3 is 2.23 bits per heavy atom. The zero-order chi connectivity index (χ0) is 16.8. The van der Waals surface area contributed by atoms with Crippen molar-refractivity contribution in [3.63, 3.8) is 0 Å². The van der Waals surface area contributed by atoms with Crippen LogP contribution in [0.4, 0.5) is 0 Å². The molecule has 0 N–H and O–H groups in total. The number of hydrogen-bond donors (Lipinski definition) is 0. The quantitative estimate of drug-likeness (QED) is 0.246. The van der Waals surface area contributed by atoms with Crippen LogP contribution in [-0.4, -0.2) is 31.1 Å². The summed E-state index contributed by atoms with van der Waals surface area (Å²) < 4.78 is 14.8. The van der Waals surface area contributed by atoms with Gasteiger partial charge in [0.25, 0.3) is 0 Å². The largest absolute Gasteiger partial charge is 0.465 e. The number of carbonyl (C=O) groups is 3. The van der Waals surface area contributed by atoms with Crippen LogP contribution in [0.25, 0.3) is 0 Å². The fourth-order valence-corrected chi connectivity index (χ4v) is 2.48. The minimum absolute atomic E-state index is 0.166. The first-order chi connectivity index (χ1) is 10.4. The summed E-state index contributed by atoms with van der Waals surface area (Å²) in [6.45, 7) is 8.91. The third-order valence-electron chi connectivity index (χ3n) is 3.50. The highest BCUT2D eigenvalue weighted by molar-refractivity contribution is 6.01. The van der Waals surface area contributed by atoms with Crippen molar-refractivity contribution in [1.29, 1.82) is 0 Å². The van der Waals surface area contributed by atoms with Gasteiger partial charge in [-0.1, -0.05) is 12.2 Å². The Labute approximate surface area is 130 Å². The average molecular weight is 310 g/mol. The lowest BCUT2D eigenvalue weighted by Gasteiger charge is -2.23. The van der Waals surface area contributed by atoms with Gasteiger partial charge in [-0.2, -0.15) is 0 Å². The van der Waals surface area contributed by atoms with Crippen molar-refractivity contribution in [2.75, 3.05) is 13.2 Å². The lowest BCUT2D eigenvalue weighted by Crippen LogP contribution is -2.40. The molecule has 0 amide bonds. The summed E-state index contributed by atoms with van der Waals surface area (Å²) in [4.78, 5) is 35.3. The van der Waals surface area contributed by atoms with Gasteiger partial charge in [0.15, 0.2) is 5.41 Å². The number of rotatable bonds is 6. The van der Waals surface area contributed by atoms with Gasteiger partial charge in [-0.3, -0.25) is 14.4 Å². The van der Waals surface area contributed by atoms with Gasteiger partial charge in [0, 0.05) is 12.8 Å². The first-order valence-electron chi connectivity index (χ1n) is 7.23. The molecule has 1 saturated carbocycles. The molecule has 0 bridgehead atoms. The minimum atomic E-state index is -1.37. The normalized spacial score (nSPS) is 20.0. The number of esters is 3. The first kappa shape index (κ1) is 17.9. The van der Waals surface area contributed by atoms with E-state index in [1.54, 1.807) is 19.9 Å². The van der Waals surface area contributed by atoms with Crippen molar-refractivity contribution >= 4 is 17.9 Å². The minimum Gasteiger partial charge on any atom is -0.465 e. The fourth-order valence-electron chi connectivity index (χ4n) is 2.48. The van der Waals surface area contributed by atoms with Crippen molar-refractivity contribution in [2.24, 2.45) is 11.3 Å². The molecule has 0 aromatic carbocycles. The Balaban J connectivity index is 2.97. The summed E-state index contributed by atoms with van der Waals surface area (Å²) in [6.07, 6.45) is 3.23. The molecule has 1 unspecified atom stereocenters. The van der Waals surface area contributed by atoms with E-state index >= 15 is 0 Å². The molecule has 22 heavy (non-hydrogen) atoms. The molecule has 6 nitrogen and oxygen atoms in total. The van der Waals surface area contributed by atoms with E-state index in [0.717, 1.165) is 0 Å². The van der Waals surface area contributed by atoms with E-state index in [1.165, 1.54) is 13.2 Å². The van der Waals surface area contributed by atoms with Crippen LogP contribution in [-0.2, 0) is 28.6 Å². The summed E-state index contributed by atoms with van der Waals surface area (Å²) in [6, 6.07) is 0. The molecule has 0 radical (unpaired) electrons. The maximum Gasteiger partial charge on any atom is 0.323 e. The van der Waals surface area contributed by atoms with Crippen LogP contribution in [0.1, 0.15) is 33.6 Å². The summed E-state index contributed by atoms with van der Waals surface area (Å²) in [5.74, 6) is -1.90. The van der Waals surface area contributed by atoms with Gasteiger partial charge in [0.05, 0.1) is 19.5 Å². The van der Waals surface area contributed by atoms with E-state index in [9.17, 15) is 14.4 Å². The van der Waals surface area contributed by atoms with Gasteiger partial charge in [-0.25, -0.2) is 0 Å². The molecule has 0 aliphatic heterocycles.